The van der Waals surface area contributed by atoms with E-state index in [0.717, 1.165) is 19.4 Å². The summed E-state index contributed by atoms with van der Waals surface area (Å²) in [7, 11) is -2.81. The van der Waals surface area contributed by atoms with Gasteiger partial charge in [-0.3, -0.25) is 4.72 Å². The molecule has 0 aromatic carbocycles. The van der Waals surface area contributed by atoms with Crippen molar-refractivity contribution >= 4 is 22.0 Å². The standard InChI is InChI=1S/C10H14FN3O4S/c1-6(2)13-19(16,17)14-9-8(10(15)18-3)4-7(11)5-12-9/h4-6,13H,1-3H3,(H,12,14). The number of rotatable bonds is 5. The number of anilines is 1. The van der Waals surface area contributed by atoms with Gasteiger partial charge < -0.3 is 4.74 Å². The summed E-state index contributed by atoms with van der Waals surface area (Å²) in [5.74, 6) is -1.98. The predicted octanol–water partition coefficient (Wildman–Crippen LogP) is 0.662. The summed E-state index contributed by atoms with van der Waals surface area (Å²) in [4.78, 5) is 14.9. The molecule has 9 heteroatoms. The van der Waals surface area contributed by atoms with E-state index in [1.807, 2.05) is 4.72 Å². The van der Waals surface area contributed by atoms with Gasteiger partial charge in [-0.1, -0.05) is 0 Å². The van der Waals surface area contributed by atoms with Gasteiger partial charge in [0.15, 0.2) is 5.82 Å². The van der Waals surface area contributed by atoms with Gasteiger partial charge in [0.1, 0.15) is 11.4 Å². The second-order valence-corrected chi connectivity index (χ2v) is 5.37. The van der Waals surface area contributed by atoms with Crippen LogP contribution in [0.2, 0.25) is 0 Å². The van der Waals surface area contributed by atoms with Crippen LogP contribution < -0.4 is 9.44 Å². The van der Waals surface area contributed by atoms with E-state index in [2.05, 4.69) is 14.4 Å². The monoisotopic (exact) mass is 291 g/mol. The van der Waals surface area contributed by atoms with Gasteiger partial charge in [0.05, 0.1) is 13.3 Å². The Morgan fingerprint density at radius 1 is 1.47 bits per heavy atom. The van der Waals surface area contributed by atoms with Gasteiger partial charge in [-0.25, -0.2) is 14.2 Å². The summed E-state index contributed by atoms with van der Waals surface area (Å²) in [6.07, 6.45) is 0.791. The molecule has 1 rings (SSSR count). The minimum atomic E-state index is -3.90. The molecule has 0 atom stereocenters. The van der Waals surface area contributed by atoms with Crippen molar-refractivity contribution in [3.05, 3.63) is 23.6 Å². The van der Waals surface area contributed by atoms with Crippen LogP contribution in [-0.4, -0.2) is 32.5 Å². The molecule has 0 spiro atoms. The predicted molar refractivity (Wildman–Crippen MR) is 66.3 cm³/mol. The van der Waals surface area contributed by atoms with Crippen molar-refractivity contribution in [1.29, 1.82) is 0 Å². The molecule has 7 nitrogen and oxygen atoms in total. The maximum absolute atomic E-state index is 13.0. The largest absolute Gasteiger partial charge is 0.465 e. The van der Waals surface area contributed by atoms with Crippen molar-refractivity contribution in [3.8, 4) is 0 Å². The van der Waals surface area contributed by atoms with Gasteiger partial charge in [-0.05, 0) is 19.9 Å². The molecule has 19 heavy (non-hydrogen) atoms. The average Bonchev–Trinajstić information content (AvgIpc) is 2.28. The van der Waals surface area contributed by atoms with Crippen LogP contribution >= 0.6 is 0 Å². The Bertz CT molecular complexity index is 574. The molecule has 0 fully saturated rings. The Morgan fingerprint density at radius 2 is 2.11 bits per heavy atom. The first-order chi connectivity index (χ1) is 8.75. The molecule has 106 valence electrons. The molecule has 0 radical (unpaired) electrons. The number of ether oxygens (including phenoxy) is 1. The van der Waals surface area contributed by atoms with Crippen LogP contribution in [0.1, 0.15) is 24.2 Å². The highest BCUT2D eigenvalue weighted by atomic mass is 32.2. The van der Waals surface area contributed by atoms with Crippen molar-refractivity contribution in [2.24, 2.45) is 0 Å². The van der Waals surface area contributed by atoms with Crippen LogP contribution in [0.4, 0.5) is 10.2 Å². The van der Waals surface area contributed by atoms with Gasteiger partial charge in [-0.2, -0.15) is 13.1 Å². The molecule has 2 N–H and O–H groups in total. The van der Waals surface area contributed by atoms with E-state index >= 15 is 0 Å². The fourth-order valence-corrected chi connectivity index (χ4v) is 2.35. The third-order valence-electron chi connectivity index (χ3n) is 1.88. The summed E-state index contributed by atoms with van der Waals surface area (Å²) >= 11 is 0. The molecule has 1 heterocycles. The highest BCUT2D eigenvalue weighted by molar-refractivity contribution is 7.90. The van der Waals surface area contributed by atoms with Crippen molar-refractivity contribution in [1.82, 2.24) is 9.71 Å². The van der Waals surface area contributed by atoms with E-state index in [-0.39, 0.29) is 17.4 Å². The molecule has 0 amide bonds. The fraction of sp³-hybridized carbons (Fsp3) is 0.400. The Kier molecular flexibility index (Phi) is 4.78. The number of halogens is 1. The molecule has 1 aromatic heterocycles. The molecule has 0 aliphatic heterocycles. The lowest BCUT2D eigenvalue weighted by molar-refractivity contribution is 0.0601. The summed E-state index contributed by atoms with van der Waals surface area (Å²) < 4.78 is 45.0. The lowest BCUT2D eigenvalue weighted by Gasteiger charge is -2.12. The first-order valence-electron chi connectivity index (χ1n) is 5.29. The summed E-state index contributed by atoms with van der Waals surface area (Å²) in [6, 6.07) is 0.492. The second kappa shape index (κ2) is 5.93. The quantitative estimate of drug-likeness (QED) is 0.777. The SMILES string of the molecule is COC(=O)c1cc(F)cnc1NS(=O)(=O)NC(C)C. The number of carbonyl (C=O) groups is 1. The highest BCUT2D eigenvalue weighted by Crippen LogP contribution is 2.15. The van der Waals surface area contributed by atoms with Crippen molar-refractivity contribution in [2.45, 2.75) is 19.9 Å². The van der Waals surface area contributed by atoms with E-state index in [1.54, 1.807) is 13.8 Å². The molecule has 0 bridgehead atoms. The van der Waals surface area contributed by atoms with Crippen molar-refractivity contribution in [2.75, 3.05) is 11.8 Å². The fourth-order valence-electron chi connectivity index (χ4n) is 1.25. The number of nitrogens with one attached hydrogen (secondary N) is 2. The normalized spacial score (nSPS) is 11.4. The van der Waals surface area contributed by atoms with Gasteiger partial charge >= 0.3 is 16.2 Å². The van der Waals surface area contributed by atoms with E-state index in [1.165, 1.54) is 0 Å². The Balaban J connectivity index is 3.11. The third kappa shape index (κ3) is 4.45. The second-order valence-electron chi connectivity index (χ2n) is 3.92. The number of methoxy groups -OCH3 is 1. The van der Waals surface area contributed by atoms with E-state index in [9.17, 15) is 17.6 Å². The van der Waals surface area contributed by atoms with E-state index in [0.29, 0.717) is 0 Å². The van der Waals surface area contributed by atoms with Crippen LogP contribution in [0.15, 0.2) is 12.3 Å². The molecule has 0 unspecified atom stereocenters. The zero-order valence-corrected chi connectivity index (χ0v) is 11.4. The number of aromatic nitrogens is 1. The van der Waals surface area contributed by atoms with Crippen molar-refractivity contribution < 1.29 is 22.3 Å². The smallest absolute Gasteiger partial charge is 0.341 e. The molecule has 0 saturated heterocycles. The lowest BCUT2D eigenvalue weighted by atomic mass is 10.2. The molecular weight excluding hydrogens is 277 g/mol. The number of hydrogen-bond donors (Lipinski definition) is 2. The summed E-state index contributed by atoms with van der Waals surface area (Å²) in [6.45, 7) is 3.25. The van der Waals surface area contributed by atoms with Gasteiger partial charge in [-0.15, -0.1) is 0 Å². The first-order valence-corrected chi connectivity index (χ1v) is 6.77. The zero-order chi connectivity index (χ0) is 14.6. The van der Waals surface area contributed by atoms with Gasteiger partial charge in [0.25, 0.3) is 0 Å². The topological polar surface area (TPSA) is 97.4 Å². The van der Waals surface area contributed by atoms with Crippen LogP contribution in [0.25, 0.3) is 0 Å². The Labute approximate surface area is 110 Å². The molecule has 0 saturated carbocycles. The minimum Gasteiger partial charge on any atom is -0.465 e. The molecule has 1 aromatic rings. The average molecular weight is 291 g/mol. The number of esters is 1. The molecular formula is C10H14FN3O4S. The highest BCUT2D eigenvalue weighted by Gasteiger charge is 2.19. The number of nitrogens with zero attached hydrogens (tertiary/aromatic N) is 1. The van der Waals surface area contributed by atoms with E-state index < -0.39 is 22.0 Å². The minimum absolute atomic E-state index is 0.304. The van der Waals surface area contributed by atoms with Crippen LogP contribution in [0.3, 0.4) is 0 Å². The third-order valence-corrected chi connectivity index (χ3v) is 3.13. The Hall–Kier alpha value is -1.74. The van der Waals surface area contributed by atoms with Crippen LogP contribution in [0, 0.1) is 5.82 Å². The lowest BCUT2D eigenvalue weighted by Crippen LogP contribution is -2.35. The maximum atomic E-state index is 13.0. The van der Waals surface area contributed by atoms with Crippen LogP contribution in [0.5, 0.6) is 0 Å². The van der Waals surface area contributed by atoms with Gasteiger partial charge in [0, 0.05) is 6.04 Å². The van der Waals surface area contributed by atoms with E-state index in [4.69, 9.17) is 0 Å². The number of hydrogen-bond acceptors (Lipinski definition) is 5. The summed E-state index contributed by atoms with van der Waals surface area (Å²) in [5, 5.41) is 0. The van der Waals surface area contributed by atoms with Crippen molar-refractivity contribution in [3.63, 3.8) is 0 Å². The number of carbonyl (C=O) groups excluding carboxylic acids is 1. The van der Waals surface area contributed by atoms with Crippen LogP contribution in [-0.2, 0) is 14.9 Å². The zero-order valence-electron chi connectivity index (χ0n) is 10.6. The summed E-state index contributed by atoms with van der Waals surface area (Å²) in [5.41, 5.74) is -0.309. The molecule has 0 aliphatic rings. The first kappa shape index (κ1) is 15.3. The Morgan fingerprint density at radius 3 is 2.63 bits per heavy atom. The molecule has 0 aliphatic carbocycles. The number of pyridine rings is 1. The maximum Gasteiger partial charge on any atom is 0.341 e. The van der Waals surface area contributed by atoms with Gasteiger partial charge in [0.2, 0.25) is 0 Å².